The summed E-state index contributed by atoms with van der Waals surface area (Å²) in [6, 6.07) is 6.08. The molecule has 2 fully saturated rings. The molecule has 0 heterocycles. The Morgan fingerprint density at radius 2 is 2.10 bits per heavy atom. The average Bonchev–Trinajstić information content (AvgIpc) is 2.99. The second-order valence-electron chi connectivity index (χ2n) is 6.39. The Kier molecular flexibility index (Phi) is 3.55. The maximum Gasteiger partial charge on any atom is 0.142 e. The highest BCUT2D eigenvalue weighted by atomic mass is 16.5. The molecule has 3 nitrogen and oxygen atoms in total. The van der Waals surface area contributed by atoms with Gasteiger partial charge < -0.3 is 10.5 Å². The molecule has 4 unspecified atom stereocenters. The van der Waals surface area contributed by atoms with Crippen molar-refractivity contribution in [3.05, 3.63) is 29.3 Å². The van der Waals surface area contributed by atoms with E-state index in [1.54, 1.807) is 7.11 Å². The lowest BCUT2D eigenvalue weighted by molar-refractivity contribution is -0.124. The second kappa shape index (κ2) is 5.21. The molecule has 1 aromatic carbocycles. The number of fused-ring (bicyclic) bond motifs is 2. The second-order valence-corrected chi connectivity index (χ2v) is 6.39. The number of hydrogen-bond donors (Lipinski definition) is 1. The van der Waals surface area contributed by atoms with Crippen LogP contribution < -0.4 is 10.5 Å². The molecule has 2 bridgehead atoms. The van der Waals surface area contributed by atoms with E-state index in [-0.39, 0.29) is 12.0 Å². The maximum absolute atomic E-state index is 12.7. The van der Waals surface area contributed by atoms with Crippen LogP contribution in [0.4, 0.5) is 0 Å². The zero-order chi connectivity index (χ0) is 14.3. The molecule has 2 aliphatic carbocycles. The number of carbonyl (C=O) groups is 1. The van der Waals surface area contributed by atoms with E-state index in [0.29, 0.717) is 24.0 Å². The largest absolute Gasteiger partial charge is 0.496 e. The van der Waals surface area contributed by atoms with Gasteiger partial charge in [0.15, 0.2) is 0 Å². The van der Waals surface area contributed by atoms with E-state index in [1.807, 2.05) is 19.1 Å². The summed E-state index contributed by atoms with van der Waals surface area (Å²) in [5.41, 5.74) is 8.42. The van der Waals surface area contributed by atoms with Gasteiger partial charge in [-0.15, -0.1) is 0 Å². The van der Waals surface area contributed by atoms with Crippen LogP contribution in [0.1, 0.15) is 30.4 Å². The molecule has 108 valence electrons. The molecule has 3 heteroatoms. The normalized spacial score (nSPS) is 31.6. The van der Waals surface area contributed by atoms with Crippen molar-refractivity contribution in [3.63, 3.8) is 0 Å². The van der Waals surface area contributed by atoms with Gasteiger partial charge in [0.2, 0.25) is 0 Å². The Labute approximate surface area is 120 Å². The zero-order valence-corrected chi connectivity index (χ0v) is 12.3. The quantitative estimate of drug-likeness (QED) is 0.917. The van der Waals surface area contributed by atoms with E-state index in [9.17, 15) is 4.79 Å². The van der Waals surface area contributed by atoms with Crippen LogP contribution in [0.3, 0.4) is 0 Å². The number of benzene rings is 1. The monoisotopic (exact) mass is 273 g/mol. The summed E-state index contributed by atoms with van der Waals surface area (Å²) in [6.07, 6.45) is 4.00. The van der Waals surface area contributed by atoms with Gasteiger partial charge >= 0.3 is 0 Å². The van der Waals surface area contributed by atoms with Crippen molar-refractivity contribution in [2.24, 2.45) is 23.5 Å². The standard InChI is InChI=1S/C17H23NO2/c1-10-3-6-15(20-2)13(7-10)9-14(19)16-11-4-5-12(8-11)17(16)18/h3,6-7,11-12,16-17H,4-5,8-9,18H2,1-2H3. The van der Waals surface area contributed by atoms with E-state index < -0.39 is 0 Å². The SMILES string of the molecule is COc1ccc(C)cc1CC(=O)C1C2CCC(C2)C1N. The van der Waals surface area contributed by atoms with Crippen molar-refractivity contribution >= 4 is 5.78 Å². The first kappa shape index (κ1) is 13.6. The number of methoxy groups -OCH3 is 1. The fourth-order valence-corrected chi connectivity index (χ4v) is 4.16. The smallest absolute Gasteiger partial charge is 0.142 e. The molecule has 2 N–H and O–H groups in total. The zero-order valence-electron chi connectivity index (χ0n) is 12.3. The number of aryl methyl sites for hydroxylation is 1. The highest BCUT2D eigenvalue weighted by molar-refractivity contribution is 5.85. The van der Waals surface area contributed by atoms with Crippen molar-refractivity contribution in [1.29, 1.82) is 0 Å². The van der Waals surface area contributed by atoms with Gasteiger partial charge in [-0.2, -0.15) is 0 Å². The van der Waals surface area contributed by atoms with Gasteiger partial charge in [0.1, 0.15) is 11.5 Å². The minimum Gasteiger partial charge on any atom is -0.496 e. The predicted octanol–water partition coefficient (Wildman–Crippen LogP) is 2.49. The highest BCUT2D eigenvalue weighted by Gasteiger charge is 2.48. The summed E-state index contributed by atoms with van der Waals surface area (Å²) in [5.74, 6) is 2.28. The third-order valence-electron chi connectivity index (χ3n) is 5.15. The van der Waals surface area contributed by atoms with Crippen molar-refractivity contribution in [2.45, 2.75) is 38.6 Å². The predicted molar refractivity (Wildman–Crippen MR) is 78.7 cm³/mol. The topological polar surface area (TPSA) is 52.3 Å². The first-order valence-electron chi connectivity index (χ1n) is 7.52. The molecular formula is C17H23NO2. The van der Waals surface area contributed by atoms with Crippen molar-refractivity contribution < 1.29 is 9.53 Å². The molecule has 20 heavy (non-hydrogen) atoms. The van der Waals surface area contributed by atoms with Crippen LogP contribution in [0.15, 0.2) is 18.2 Å². The molecular weight excluding hydrogens is 250 g/mol. The van der Waals surface area contributed by atoms with E-state index in [2.05, 4.69) is 6.07 Å². The minimum atomic E-state index is 0.0685. The molecule has 0 amide bonds. The first-order valence-corrected chi connectivity index (χ1v) is 7.52. The Balaban J connectivity index is 1.78. The highest BCUT2D eigenvalue weighted by Crippen LogP contribution is 2.48. The van der Waals surface area contributed by atoms with Crippen LogP contribution in [-0.2, 0) is 11.2 Å². The maximum atomic E-state index is 12.7. The molecule has 0 spiro atoms. The van der Waals surface area contributed by atoms with Gasteiger partial charge in [-0.25, -0.2) is 0 Å². The van der Waals surface area contributed by atoms with Crippen molar-refractivity contribution in [1.82, 2.24) is 0 Å². The number of Topliss-reactive ketones (excluding diaryl/α,β-unsaturated/α-hetero) is 1. The number of carbonyl (C=O) groups excluding carboxylic acids is 1. The molecule has 0 radical (unpaired) electrons. The Hall–Kier alpha value is -1.35. The lowest BCUT2D eigenvalue weighted by Crippen LogP contribution is -2.40. The minimum absolute atomic E-state index is 0.0685. The summed E-state index contributed by atoms with van der Waals surface area (Å²) in [7, 11) is 1.65. The van der Waals surface area contributed by atoms with E-state index >= 15 is 0 Å². The number of ketones is 1. The van der Waals surface area contributed by atoms with Gasteiger partial charge in [-0.3, -0.25) is 4.79 Å². The van der Waals surface area contributed by atoms with E-state index in [1.165, 1.54) is 12.8 Å². The van der Waals surface area contributed by atoms with Crippen molar-refractivity contribution in [3.8, 4) is 5.75 Å². The lowest BCUT2D eigenvalue weighted by atomic mass is 9.80. The van der Waals surface area contributed by atoms with Crippen LogP contribution in [0.25, 0.3) is 0 Å². The van der Waals surface area contributed by atoms with Gasteiger partial charge in [0.25, 0.3) is 0 Å². The molecule has 1 aromatic rings. The number of hydrogen-bond acceptors (Lipinski definition) is 3. The van der Waals surface area contributed by atoms with Gasteiger partial charge in [-0.05, 0) is 44.1 Å². The third-order valence-corrected chi connectivity index (χ3v) is 5.15. The molecule has 3 rings (SSSR count). The summed E-state index contributed by atoms with van der Waals surface area (Å²) in [6.45, 7) is 2.04. The molecule has 2 saturated carbocycles. The van der Waals surface area contributed by atoms with Crippen LogP contribution in [0, 0.1) is 24.7 Å². The fourth-order valence-electron chi connectivity index (χ4n) is 4.16. The van der Waals surface area contributed by atoms with Gasteiger partial charge in [0, 0.05) is 23.9 Å². The van der Waals surface area contributed by atoms with Crippen LogP contribution in [0.5, 0.6) is 5.75 Å². The average molecular weight is 273 g/mol. The van der Waals surface area contributed by atoms with E-state index in [0.717, 1.165) is 23.3 Å². The van der Waals surface area contributed by atoms with Crippen LogP contribution >= 0.6 is 0 Å². The Bertz CT molecular complexity index is 524. The molecule has 0 aliphatic heterocycles. The van der Waals surface area contributed by atoms with Crippen LogP contribution in [0.2, 0.25) is 0 Å². The summed E-state index contributed by atoms with van der Waals surface area (Å²) in [5, 5.41) is 0. The summed E-state index contributed by atoms with van der Waals surface area (Å²) < 4.78 is 5.37. The molecule has 4 atom stereocenters. The van der Waals surface area contributed by atoms with Crippen molar-refractivity contribution in [2.75, 3.05) is 7.11 Å². The van der Waals surface area contributed by atoms with E-state index in [4.69, 9.17) is 10.5 Å². The Morgan fingerprint density at radius 3 is 2.75 bits per heavy atom. The number of ether oxygens (including phenoxy) is 1. The fraction of sp³-hybridized carbons (Fsp3) is 0.588. The molecule has 0 saturated heterocycles. The summed E-state index contributed by atoms with van der Waals surface area (Å²) in [4.78, 5) is 12.7. The van der Waals surface area contributed by atoms with Crippen LogP contribution in [-0.4, -0.2) is 18.9 Å². The molecule has 2 aliphatic rings. The summed E-state index contributed by atoms with van der Waals surface area (Å²) >= 11 is 0. The number of nitrogens with two attached hydrogens (primary N) is 1. The first-order chi connectivity index (χ1) is 9.60. The lowest BCUT2D eigenvalue weighted by Gasteiger charge is -2.27. The third kappa shape index (κ3) is 2.24. The van der Waals surface area contributed by atoms with Gasteiger partial charge in [-0.1, -0.05) is 17.7 Å². The molecule has 0 aromatic heterocycles. The van der Waals surface area contributed by atoms with Gasteiger partial charge in [0.05, 0.1) is 7.11 Å². The Morgan fingerprint density at radius 1 is 1.35 bits per heavy atom. The number of rotatable bonds is 4.